The number of fused-ring (bicyclic) bond motifs is 1. The van der Waals surface area contributed by atoms with Gasteiger partial charge in [0.1, 0.15) is 4.83 Å². The van der Waals surface area contributed by atoms with Crippen molar-refractivity contribution in [2.45, 2.75) is 24.0 Å². The molecular weight excluding hydrogens is 440 g/mol. The standard InChI is InChI=1S/C20H17ClN6OS2/c21-11-3-5-12(6-4-11)24-15(28)10-29-20-26-25-18(27(20)13-7-8-13)17-16(22)14-2-1-9-23-19(14)30-17/h1-6,9,13H,7-8,10,22H2,(H,24,28). The first-order valence-corrected chi connectivity index (χ1v) is 11.5. The highest BCUT2D eigenvalue weighted by Crippen LogP contribution is 2.45. The van der Waals surface area contributed by atoms with Gasteiger partial charge in [-0.15, -0.1) is 21.5 Å². The molecule has 0 spiro atoms. The number of nitrogen functional groups attached to an aromatic ring is 1. The zero-order valence-corrected chi connectivity index (χ0v) is 18.1. The summed E-state index contributed by atoms with van der Waals surface area (Å²) in [6.07, 6.45) is 3.89. The molecule has 1 aliphatic carbocycles. The molecule has 3 heterocycles. The zero-order valence-electron chi connectivity index (χ0n) is 15.7. The van der Waals surface area contributed by atoms with Crippen molar-refractivity contribution < 1.29 is 4.79 Å². The summed E-state index contributed by atoms with van der Waals surface area (Å²) in [6, 6.07) is 11.2. The van der Waals surface area contributed by atoms with Crippen LogP contribution in [0.4, 0.5) is 11.4 Å². The van der Waals surface area contributed by atoms with Crippen molar-refractivity contribution in [3.05, 3.63) is 47.6 Å². The SMILES string of the molecule is Nc1c(-c2nnc(SCC(=O)Nc3ccc(Cl)cc3)n2C2CC2)sc2ncccc12. The summed E-state index contributed by atoms with van der Waals surface area (Å²) in [5, 5.41) is 13.9. The Balaban J connectivity index is 1.37. The third-order valence-corrected chi connectivity index (χ3v) is 7.07. The van der Waals surface area contributed by atoms with Crippen LogP contribution in [0.25, 0.3) is 20.9 Å². The number of nitrogens with one attached hydrogen (secondary N) is 1. The summed E-state index contributed by atoms with van der Waals surface area (Å²) in [6.45, 7) is 0. The molecule has 1 fully saturated rings. The van der Waals surface area contributed by atoms with E-state index in [9.17, 15) is 4.79 Å². The van der Waals surface area contributed by atoms with E-state index in [2.05, 4.69) is 25.1 Å². The molecule has 0 unspecified atom stereocenters. The number of hydrogen-bond donors (Lipinski definition) is 2. The van der Waals surface area contributed by atoms with E-state index in [0.717, 1.165) is 38.9 Å². The first kappa shape index (κ1) is 19.3. The van der Waals surface area contributed by atoms with Crippen LogP contribution in [0, 0.1) is 0 Å². The van der Waals surface area contributed by atoms with Crippen LogP contribution in [-0.4, -0.2) is 31.4 Å². The number of halogens is 1. The van der Waals surface area contributed by atoms with Gasteiger partial charge in [-0.1, -0.05) is 23.4 Å². The summed E-state index contributed by atoms with van der Waals surface area (Å²) in [5.41, 5.74) is 7.78. The van der Waals surface area contributed by atoms with E-state index in [1.807, 2.05) is 12.1 Å². The molecule has 7 nitrogen and oxygen atoms in total. The molecule has 1 saturated carbocycles. The second-order valence-corrected chi connectivity index (χ2v) is 9.33. The topological polar surface area (TPSA) is 98.7 Å². The number of nitrogens with zero attached hydrogens (tertiary/aromatic N) is 4. The van der Waals surface area contributed by atoms with E-state index >= 15 is 0 Å². The van der Waals surface area contributed by atoms with Gasteiger partial charge in [0.15, 0.2) is 11.0 Å². The highest BCUT2D eigenvalue weighted by molar-refractivity contribution is 7.99. The predicted molar refractivity (Wildman–Crippen MR) is 122 cm³/mol. The van der Waals surface area contributed by atoms with Crippen molar-refractivity contribution in [3.8, 4) is 10.7 Å². The third kappa shape index (κ3) is 3.76. The fourth-order valence-electron chi connectivity index (χ4n) is 3.17. The predicted octanol–water partition coefficient (Wildman–Crippen LogP) is 4.86. The fourth-order valence-corrected chi connectivity index (χ4v) is 5.15. The molecule has 30 heavy (non-hydrogen) atoms. The van der Waals surface area contributed by atoms with E-state index in [4.69, 9.17) is 17.3 Å². The molecule has 0 radical (unpaired) electrons. The van der Waals surface area contributed by atoms with Gasteiger partial charge >= 0.3 is 0 Å². The average Bonchev–Trinajstić information content (AvgIpc) is 3.42. The summed E-state index contributed by atoms with van der Waals surface area (Å²) < 4.78 is 2.11. The molecule has 0 bridgehead atoms. The second kappa shape index (κ2) is 7.90. The largest absolute Gasteiger partial charge is 0.397 e. The van der Waals surface area contributed by atoms with Crippen LogP contribution < -0.4 is 11.1 Å². The number of benzene rings is 1. The maximum atomic E-state index is 12.4. The number of hydrogen-bond acceptors (Lipinski definition) is 7. The van der Waals surface area contributed by atoms with Gasteiger partial charge in [-0.25, -0.2) is 4.98 Å². The van der Waals surface area contributed by atoms with Crippen molar-refractivity contribution >= 4 is 62.2 Å². The number of thiophene rings is 1. The molecule has 10 heteroatoms. The van der Waals surface area contributed by atoms with Crippen molar-refractivity contribution in [2.75, 3.05) is 16.8 Å². The molecule has 4 aromatic rings. The minimum atomic E-state index is -0.111. The summed E-state index contributed by atoms with van der Waals surface area (Å²) in [5.74, 6) is 0.870. The molecule has 1 amide bonds. The van der Waals surface area contributed by atoms with Crippen molar-refractivity contribution in [1.29, 1.82) is 0 Å². The van der Waals surface area contributed by atoms with Gasteiger partial charge in [0, 0.05) is 28.3 Å². The molecule has 1 aliphatic rings. The summed E-state index contributed by atoms with van der Waals surface area (Å²) in [4.78, 5) is 18.5. The Hall–Kier alpha value is -2.62. The first-order valence-electron chi connectivity index (χ1n) is 9.36. The van der Waals surface area contributed by atoms with Crippen LogP contribution in [-0.2, 0) is 4.79 Å². The van der Waals surface area contributed by atoms with Gasteiger partial charge < -0.3 is 11.1 Å². The highest BCUT2D eigenvalue weighted by atomic mass is 35.5. The lowest BCUT2D eigenvalue weighted by molar-refractivity contribution is -0.113. The minimum Gasteiger partial charge on any atom is -0.397 e. The number of carbonyl (C=O) groups is 1. The van der Waals surface area contributed by atoms with Crippen LogP contribution in [0.1, 0.15) is 18.9 Å². The lowest BCUT2D eigenvalue weighted by Gasteiger charge is -2.09. The first-order chi connectivity index (χ1) is 14.6. The van der Waals surface area contributed by atoms with Crippen LogP contribution in [0.2, 0.25) is 5.02 Å². The van der Waals surface area contributed by atoms with Crippen molar-refractivity contribution in [1.82, 2.24) is 19.7 Å². The minimum absolute atomic E-state index is 0.111. The molecule has 3 aromatic heterocycles. The Morgan fingerprint density at radius 2 is 2.07 bits per heavy atom. The molecule has 1 aromatic carbocycles. The molecule has 0 atom stereocenters. The third-order valence-electron chi connectivity index (χ3n) is 4.74. The highest BCUT2D eigenvalue weighted by Gasteiger charge is 2.32. The zero-order chi connectivity index (χ0) is 20.7. The Kier molecular flexibility index (Phi) is 5.10. The Morgan fingerprint density at radius 3 is 2.80 bits per heavy atom. The Bertz CT molecular complexity index is 1230. The molecule has 3 N–H and O–H groups in total. The molecule has 0 saturated heterocycles. The number of anilines is 2. The summed E-state index contributed by atoms with van der Waals surface area (Å²) in [7, 11) is 0. The molecule has 152 valence electrons. The van der Waals surface area contributed by atoms with E-state index in [-0.39, 0.29) is 11.7 Å². The van der Waals surface area contributed by atoms with Crippen LogP contribution in [0.15, 0.2) is 47.8 Å². The quantitative estimate of drug-likeness (QED) is 0.402. The molecular formula is C20H17ClN6OS2. The van der Waals surface area contributed by atoms with Crippen LogP contribution in [0.3, 0.4) is 0 Å². The van der Waals surface area contributed by atoms with Gasteiger partial charge in [0.2, 0.25) is 5.91 Å². The number of rotatable bonds is 6. The average molecular weight is 457 g/mol. The van der Waals surface area contributed by atoms with E-state index < -0.39 is 0 Å². The smallest absolute Gasteiger partial charge is 0.234 e. The number of thioether (sulfide) groups is 1. The monoisotopic (exact) mass is 456 g/mol. The molecule has 0 aliphatic heterocycles. The molecule has 5 rings (SSSR count). The maximum absolute atomic E-state index is 12.4. The van der Waals surface area contributed by atoms with Crippen molar-refractivity contribution in [2.24, 2.45) is 0 Å². The van der Waals surface area contributed by atoms with Gasteiger partial charge in [-0.3, -0.25) is 9.36 Å². The Labute approximate surface area is 185 Å². The van der Waals surface area contributed by atoms with Gasteiger partial charge in [0.05, 0.1) is 16.3 Å². The van der Waals surface area contributed by atoms with E-state index in [1.165, 1.54) is 23.1 Å². The number of amides is 1. The number of carbonyl (C=O) groups excluding carboxylic acids is 1. The lowest BCUT2D eigenvalue weighted by atomic mass is 10.2. The number of pyridine rings is 1. The fraction of sp³-hybridized carbons (Fsp3) is 0.200. The van der Waals surface area contributed by atoms with Gasteiger partial charge in [-0.2, -0.15) is 0 Å². The van der Waals surface area contributed by atoms with Gasteiger partial charge in [-0.05, 0) is 49.2 Å². The Morgan fingerprint density at radius 1 is 1.27 bits per heavy atom. The van der Waals surface area contributed by atoms with Gasteiger partial charge in [0.25, 0.3) is 0 Å². The van der Waals surface area contributed by atoms with Crippen LogP contribution in [0.5, 0.6) is 0 Å². The maximum Gasteiger partial charge on any atom is 0.234 e. The lowest BCUT2D eigenvalue weighted by Crippen LogP contribution is -2.14. The number of aromatic nitrogens is 4. The van der Waals surface area contributed by atoms with Crippen molar-refractivity contribution in [3.63, 3.8) is 0 Å². The normalized spacial score (nSPS) is 13.6. The summed E-state index contributed by atoms with van der Waals surface area (Å²) >= 11 is 8.78. The second-order valence-electron chi connectivity index (χ2n) is 6.95. The van der Waals surface area contributed by atoms with E-state index in [0.29, 0.717) is 22.4 Å². The van der Waals surface area contributed by atoms with Crippen LogP contribution >= 0.6 is 34.7 Å². The van der Waals surface area contributed by atoms with E-state index in [1.54, 1.807) is 30.5 Å². The number of nitrogens with two attached hydrogens (primary N) is 1.